The lowest BCUT2D eigenvalue weighted by atomic mass is 10.2. The number of hydrogen-bond donors (Lipinski definition) is 1. The van der Waals surface area contributed by atoms with Crippen LogP contribution in [0.5, 0.6) is 0 Å². The Bertz CT molecular complexity index is 522. The third-order valence-corrected chi connectivity index (χ3v) is 2.64. The van der Waals surface area contributed by atoms with Gasteiger partial charge in [-0.15, -0.1) is 0 Å². The van der Waals surface area contributed by atoms with Crippen LogP contribution >= 0.6 is 0 Å². The van der Waals surface area contributed by atoms with E-state index in [0.29, 0.717) is 31.1 Å². The van der Waals surface area contributed by atoms with E-state index in [0.717, 1.165) is 12.0 Å². The first kappa shape index (κ1) is 13.3. The second kappa shape index (κ2) is 6.68. The molecular weight excluding hydrogens is 242 g/mol. The molecule has 2 rings (SSSR count). The van der Waals surface area contributed by atoms with Gasteiger partial charge in [0.25, 0.3) is 0 Å². The van der Waals surface area contributed by atoms with Gasteiger partial charge in [0.15, 0.2) is 0 Å². The fourth-order valence-corrected chi connectivity index (χ4v) is 1.69. The monoisotopic (exact) mass is 259 g/mol. The molecule has 0 aliphatic heterocycles. The summed E-state index contributed by atoms with van der Waals surface area (Å²) in [6.07, 6.45) is 1.96. The molecule has 1 amide bonds. The van der Waals surface area contributed by atoms with E-state index >= 15 is 0 Å². The highest BCUT2D eigenvalue weighted by atomic mass is 16.5. The Labute approximate surface area is 112 Å². The third kappa shape index (κ3) is 3.91. The number of nitrogens with one attached hydrogen (secondary N) is 1. The normalized spacial score (nSPS) is 10.4. The predicted molar refractivity (Wildman–Crippen MR) is 71.4 cm³/mol. The summed E-state index contributed by atoms with van der Waals surface area (Å²) in [5.74, 6) is 1.18. The van der Waals surface area contributed by atoms with Gasteiger partial charge in [0.2, 0.25) is 17.6 Å². The van der Waals surface area contributed by atoms with Gasteiger partial charge in [-0.05, 0) is 6.42 Å². The van der Waals surface area contributed by atoms with Crippen LogP contribution in [0.1, 0.15) is 25.7 Å². The van der Waals surface area contributed by atoms with E-state index in [1.807, 2.05) is 37.3 Å². The molecule has 0 unspecified atom stereocenters. The van der Waals surface area contributed by atoms with Crippen molar-refractivity contribution in [3.05, 3.63) is 36.2 Å². The van der Waals surface area contributed by atoms with Crippen molar-refractivity contribution in [2.24, 2.45) is 0 Å². The lowest BCUT2D eigenvalue weighted by Crippen LogP contribution is -2.25. The van der Waals surface area contributed by atoms with Crippen LogP contribution in [0.2, 0.25) is 0 Å². The summed E-state index contributed by atoms with van der Waals surface area (Å²) < 4.78 is 5.15. The highest BCUT2D eigenvalue weighted by Crippen LogP contribution is 2.14. The zero-order chi connectivity index (χ0) is 13.5. The van der Waals surface area contributed by atoms with Crippen LogP contribution in [0.25, 0.3) is 11.4 Å². The summed E-state index contributed by atoms with van der Waals surface area (Å²) in [5.41, 5.74) is 0.924. The number of amides is 1. The fraction of sp³-hybridized carbons (Fsp3) is 0.357. The van der Waals surface area contributed by atoms with Gasteiger partial charge >= 0.3 is 0 Å². The third-order valence-electron chi connectivity index (χ3n) is 2.64. The predicted octanol–water partition coefficient (Wildman–Crippen LogP) is 2.20. The summed E-state index contributed by atoms with van der Waals surface area (Å²) in [7, 11) is 0. The minimum Gasteiger partial charge on any atom is -0.356 e. The summed E-state index contributed by atoms with van der Waals surface area (Å²) in [4.78, 5) is 15.6. The molecule has 0 saturated heterocycles. The maximum absolute atomic E-state index is 11.3. The number of carbonyl (C=O) groups is 1. The molecule has 1 aromatic heterocycles. The van der Waals surface area contributed by atoms with Crippen molar-refractivity contribution in [3.8, 4) is 11.4 Å². The standard InChI is InChI=1S/C14H17N3O2/c1-2-6-12(18)15-10-9-13-16-14(17-19-13)11-7-4-3-5-8-11/h3-5,7-8H,2,6,9-10H2,1H3,(H,15,18). The van der Waals surface area contributed by atoms with Gasteiger partial charge < -0.3 is 9.84 Å². The van der Waals surface area contributed by atoms with Crippen molar-refractivity contribution in [1.82, 2.24) is 15.5 Å². The summed E-state index contributed by atoms with van der Waals surface area (Å²) in [6, 6.07) is 9.65. The Kier molecular flexibility index (Phi) is 4.66. The smallest absolute Gasteiger partial charge is 0.228 e. The molecule has 1 N–H and O–H groups in total. The number of carbonyl (C=O) groups excluding carboxylic acids is 1. The van der Waals surface area contributed by atoms with E-state index in [1.54, 1.807) is 0 Å². The van der Waals surface area contributed by atoms with Gasteiger partial charge in [0, 0.05) is 24.9 Å². The average molecular weight is 259 g/mol. The molecule has 5 heteroatoms. The molecule has 0 saturated carbocycles. The first-order valence-corrected chi connectivity index (χ1v) is 6.44. The molecule has 1 aromatic carbocycles. The summed E-state index contributed by atoms with van der Waals surface area (Å²) >= 11 is 0. The van der Waals surface area contributed by atoms with Crippen molar-refractivity contribution >= 4 is 5.91 Å². The van der Waals surface area contributed by atoms with Crippen LogP contribution in [0.15, 0.2) is 34.9 Å². The van der Waals surface area contributed by atoms with Gasteiger partial charge in [0.1, 0.15) is 0 Å². The van der Waals surface area contributed by atoms with Crippen molar-refractivity contribution in [3.63, 3.8) is 0 Å². The summed E-state index contributed by atoms with van der Waals surface area (Å²) in [5, 5.41) is 6.74. The zero-order valence-electron chi connectivity index (χ0n) is 10.9. The number of nitrogens with zero attached hydrogens (tertiary/aromatic N) is 2. The largest absolute Gasteiger partial charge is 0.356 e. The molecule has 0 spiro atoms. The Hall–Kier alpha value is -2.17. The second-order valence-corrected chi connectivity index (χ2v) is 4.23. The van der Waals surface area contributed by atoms with Crippen LogP contribution in [-0.4, -0.2) is 22.6 Å². The zero-order valence-corrected chi connectivity index (χ0v) is 10.9. The topological polar surface area (TPSA) is 68.0 Å². The van der Waals surface area contributed by atoms with E-state index in [2.05, 4.69) is 15.5 Å². The SMILES string of the molecule is CCCC(=O)NCCc1nc(-c2ccccc2)no1. The molecule has 0 radical (unpaired) electrons. The summed E-state index contributed by atoms with van der Waals surface area (Å²) in [6.45, 7) is 2.50. The number of benzene rings is 1. The van der Waals surface area contributed by atoms with Gasteiger partial charge in [-0.2, -0.15) is 4.98 Å². The van der Waals surface area contributed by atoms with E-state index < -0.39 is 0 Å². The number of aromatic nitrogens is 2. The van der Waals surface area contributed by atoms with E-state index in [1.165, 1.54) is 0 Å². The van der Waals surface area contributed by atoms with Crippen LogP contribution in [0.3, 0.4) is 0 Å². The molecule has 0 bridgehead atoms. The molecule has 0 atom stereocenters. The lowest BCUT2D eigenvalue weighted by molar-refractivity contribution is -0.121. The van der Waals surface area contributed by atoms with E-state index in [9.17, 15) is 4.79 Å². The molecule has 0 aliphatic rings. The molecular formula is C14H17N3O2. The minimum absolute atomic E-state index is 0.0605. The van der Waals surface area contributed by atoms with Crippen molar-refractivity contribution in [1.29, 1.82) is 0 Å². The van der Waals surface area contributed by atoms with Crippen LogP contribution < -0.4 is 5.32 Å². The van der Waals surface area contributed by atoms with Crippen LogP contribution in [-0.2, 0) is 11.2 Å². The van der Waals surface area contributed by atoms with Gasteiger partial charge in [-0.1, -0.05) is 42.4 Å². The van der Waals surface area contributed by atoms with Gasteiger partial charge in [-0.25, -0.2) is 0 Å². The van der Waals surface area contributed by atoms with E-state index in [4.69, 9.17) is 4.52 Å². The second-order valence-electron chi connectivity index (χ2n) is 4.23. The quantitative estimate of drug-likeness (QED) is 0.863. The maximum Gasteiger partial charge on any atom is 0.228 e. The number of hydrogen-bond acceptors (Lipinski definition) is 4. The number of rotatable bonds is 6. The first-order chi connectivity index (χ1) is 9.29. The molecule has 100 valence electrons. The van der Waals surface area contributed by atoms with E-state index in [-0.39, 0.29) is 5.91 Å². The molecule has 0 aliphatic carbocycles. The van der Waals surface area contributed by atoms with Crippen LogP contribution in [0.4, 0.5) is 0 Å². The maximum atomic E-state index is 11.3. The Morgan fingerprint density at radius 3 is 2.84 bits per heavy atom. The van der Waals surface area contributed by atoms with Crippen molar-refractivity contribution in [2.45, 2.75) is 26.2 Å². The minimum atomic E-state index is 0.0605. The lowest BCUT2D eigenvalue weighted by Gasteiger charge is -2.00. The fourth-order valence-electron chi connectivity index (χ4n) is 1.69. The molecule has 0 fully saturated rings. The molecule has 19 heavy (non-hydrogen) atoms. The Morgan fingerprint density at radius 2 is 2.11 bits per heavy atom. The molecule has 5 nitrogen and oxygen atoms in total. The van der Waals surface area contributed by atoms with Crippen molar-refractivity contribution in [2.75, 3.05) is 6.54 Å². The van der Waals surface area contributed by atoms with Gasteiger partial charge in [-0.3, -0.25) is 4.79 Å². The average Bonchev–Trinajstić information content (AvgIpc) is 2.89. The Balaban J connectivity index is 1.86. The molecule has 2 aromatic rings. The van der Waals surface area contributed by atoms with Crippen LogP contribution in [0, 0.1) is 0 Å². The molecule has 1 heterocycles. The highest BCUT2D eigenvalue weighted by Gasteiger charge is 2.08. The van der Waals surface area contributed by atoms with Crippen molar-refractivity contribution < 1.29 is 9.32 Å². The Morgan fingerprint density at radius 1 is 1.32 bits per heavy atom. The first-order valence-electron chi connectivity index (χ1n) is 6.44. The highest BCUT2D eigenvalue weighted by molar-refractivity contribution is 5.75. The van der Waals surface area contributed by atoms with Gasteiger partial charge in [0.05, 0.1) is 0 Å².